The van der Waals surface area contributed by atoms with E-state index in [4.69, 9.17) is 0 Å². The quantitative estimate of drug-likeness (QED) is 0.746. The fraction of sp³-hybridized carbons (Fsp3) is 1.00. The van der Waals surface area contributed by atoms with Gasteiger partial charge in [-0.2, -0.15) is 11.8 Å². The van der Waals surface area contributed by atoms with Crippen molar-refractivity contribution in [3.8, 4) is 0 Å². The first-order chi connectivity index (χ1) is 8.07. The summed E-state index contributed by atoms with van der Waals surface area (Å²) < 4.78 is 0. The van der Waals surface area contributed by atoms with Crippen molar-refractivity contribution in [1.82, 2.24) is 5.32 Å². The maximum atomic E-state index is 10.1. The van der Waals surface area contributed by atoms with Crippen LogP contribution in [0.2, 0.25) is 0 Å². The lowest BCUT2D eigenvalue weighted by Crippen LogP contribution is -2.49. The van der Waals surface area contributed by atoms with Gasteiger partial charge in [-0.3, -0.25) is 0 Å². The fourth-order valence-corrected chi connectivity index (χ4v) is 4.44. The Morgan fingerprint density at radius 2 is 1.94 bits per heavy atom. The number of rotatable bonds is 2. The standard InChI is InChI=1S/C14H27NOS/c1-14(2)8-11(9-17-10-14)15-12-6-4-3-5-7-13(12)16/h11-13,15-16H,3-10H2,1-2H3. The first-order valence-corrected chi connectivity index (χ1v) is 8.24. The second-order valence-electron chi connectivity index (χ2n) is 6.56. The molecule has 100 valence electrons. The summed E-state index contributed by atoms with van der Waals surface area (Å²) >= 11 is 2.06. The average Bonchev–Trinajstić information content (AvgIpc) is 2.43. The van der Waals surface area contributed by atoms with Gasteiger partial charge in [0.1, 0.15) is 0 Å². The first kappa shape index (κ1) is 13.7. The molecule has 0 spiro atoms. The van der Waals surface area contributed by atoms with Crippen LogP contribution in [0.4, 0.5) is 0 Å². The van der Waals surface area contributed by atoms with Crippen molar-refractivity contribution < 1.29 is 5.11 Å². The lowest BCUT2D eigenvalue weighted by molar-refractivity contribution is 0.110. The summed E-state index contributed by atoms with van der Waals surface area (Å²) in [4.78, 5) is 0. The highest BCUT2D eigenvalue weighted by molar-refractivity contribution is 7.99. The topological polar surface area (TPSA) is 32.3 Å². The number of hydrogen-bond donors (Lipinski definition) is 2. The Morgan fingerprint density at radius 1 is 1.18 bits per heavy atom. The van der Waals surface area contributed by atoms with E-state index in [2.05, 4.69) is 30.9 Å². The Balaban J connectivity index is 1.86. The number of nitrogens with one attached hydrogen (secondary N) is 1. The van der Waals surface area contributed by atoms with E-state index < -0.39 is 0 Å². The third-order valence-electron chi connectivity index (χ3n) is 4.04. The van der Waals surface area contributed by atoms with E-state index in [1.165, 1.54) is 37.2 Å². The lowest BCUT2D eigenvalue weighted by Gasteiger charge is -2.37. The Kier molecular flexibility index (Phi) is 4.79. The van der Waals surface area contributed by atoms with Gasteiger partial charge < -0.3 is 10.4 Å². The van der Waals surface area contributed by atoms with Crippen LogP contribution in [0.3, 0.4) is 0 Å². The van der Waals surface area contributed by atoms with Crippen molar-refractivity contribution in [2.24, 2.45) is 5.41 Å². The van der Waals surface area contributed by atoms with Crippen molar-refractivity contribution in [3.05, 3.63) is 0 Å². The Labute approximate surface area is 110 Å². The summed E-state index contributed by atoms with van der Waals surface area (Å²) in [5, 5.41) is 13.9. The van der Waals surface area contributed by atoms with E-state index in [-0.39, 0.29) is 6.10 Å². The molecule has 2 fully saturated rings. The number of thioether (sulfide) groups is 1. The Hall–Kier alpha value is 0.270. The molecule has 1 aliphatic heterocycles. The van der Waals surface area contributed by atoms with Crippen LogP contribution < -0.4 is 5.32 Å². The third-order valence-corrected chi connectivity index (χ3v) is 5.66. The molecular formula is C14H27NOS. The summed E-state index contributed by atoms with van der Waals surface area (Å²) in [6.45, 7) is 4.72. The van der Waals surface area contributed by atoms with Crippen LogP contribution in [-0.2, 0) is 0 Å². The molecule has 0 aromatic carbocycles. The highest BCUT2D eigenvalue weighted by Gasteiger charge is 2.31. The van der Waals surface area contributed by atoms with Crippen LogP contribution in [0.15, 0.2) is 0 Å². The van der Waals surface area contributed by atoms with E-state index in [0.717, 1.165) is 12.8 Å². The highest BCUT2D eigenvalue weighted by Crippen LogP contribution is 2.34. The third kappa shape index (κ3) is 4.15. The van der Waals surface area contributed by atoms with Gasteiger partial charge >= 0.3 is 0 Å². The molecule has 1 saturated heterocycles. The molecule has 3 unspecified atom stereocenters. The number of hydrogen-bond acceptors (Lipinski definition) is 3. The Bertz CT molecular complexity index is 244. The molecule has 2 nitrogen and oxygen atoms in total. The van der Waals surface area contributed by atoms with Crippen molar-refractivity contribution in [1.29, 1.82) is 0 Å². The van der Waals surface area contributed by atoms with Gasteiger partial charge in [-0.25, -0.2) is 0 Å². The van der Waals surface area contributed by atoms with Crippen LogP contribution in [-0.4, -0.2) is 34.8 Å². The molecule has 1 heterocycles. The molecule has 3 heteroatoms. The molecule has 0 aromatic heterocycles. The molecule has 1 aliphatic carbocycles. The minimum atomic E-state index is -0.118. The second kappa shape index (κ2) is 5.94. The van der Waals surface area contributed by atoms with Crippen LogP contribution in [0.1, 0.15) is 52.4 Å². The highest BCUT2D eigenvalue weighted by atomic mass is 32.2. The summed E-state index contributed by atoms with van der Waals surface area (Å²) in [6.07, 6.45) is 7.04. The Morgan fingerprint density at radius 3 is 2.71 bits per heavy atom. The number of aliphatic hydroxyl groups is 1. The van der Waals surface area contributed by atoms with E-state index in [9.17, 15) is 5.11 Å². The van der Waals surface area contributed by atoms with Gasteiger partial charge in [0, 0.05) is 17.8 Å². The molecule has 2 rings (SSSR count). The smallest absolute Gasteiger partial charge is 0.0693 e. The summed E-state index contributed by atoms with van der Waals surface area (Å²) in [7, 11) is 0. The molecule has 0 bridgehead atoms. The summed E-state index contributed by atoms with van der Waals surface area (Å²) in [6, 6.07) is 0.943. The maximum Gasteiger partial charge on any atom is 0.0693 e. The zero-order valence-electron chi connectivity index (χ0n) is 11.2. The molecule has 17 heavy (non-hydrogen) atoms. The average molecular weight is 257 g/mol. The molecule has 0 radical (unpaired) electrons. The van der Waals surface area contributed by atoms with Gasteiger partial charge in [0.2, 0.25) is 0 Å². The van der Waals surface area contributed by atoms with Crippen molar-refractivity contribution in [2.75, 3.05) is 11.5 Å². The van der Waals surface area contributed by atoms with Gasteiger partial charge in [0.15, 0.2) is 0 Å². The van der Waals surface area contributed by atoms with Crippen molar-refractivity contribution in [3.63, 3.8) is 0 Å². The van der Waals surface area contributed by atoms with E-state index in [1.54, 1.807) is 0 Å². The molecule has 2 N–H and O–H groups in total. The largest absolute Gasteiger partial charge is 0.392 e. The predicted molar refractivity (Wildman–Crippen MR) is 75.5 cm³/mol. The monoisotopic (exact) mass is 257 g/mol. The van der Waals surface area contributed by atoms with Gasteiger partial charge in [-0.15, -0.1) is 0 Å². The summed E-state index contributed by atoms with van der Waals surface area (Å²) in [5.74, 6) is 2.49. The number of aliphatic hydroxyl groups excluding tert-OH is 1. The minimum Gasteiger partial charge on any atom is -0.392 e. The van der Waals surface area contributed by atoms with Crippen LogP contribution in [0, 0.1) is 5.41 Å². The molecular weight excluding hydrogens is 230 g/mol. The minimum absolute atomic E-state index is 0.118. The van der Waals surface area contributed by atoms with Gasteiger partial charge in [-0.05, 0) is 30.4 Å². The van der Waals surface area contributed by atoms with Gasteiger partial charge in [-0.1, -0.05) is 33.1 Å². The van der Waals surface area contributed by atoms with E-state index in [1.807, 2.05) is 0 Å². The molecule has 2 aliphatic rings. The SMILES string of the molecule is CC1(C)CSCC(NC2CCCCCC2O)C1. The fourth-order valence-electron chi connectivity index (χ4n) is 3.15. The van der Waals surface area contributed by atoms with E-state index >= 15 is 0 Å². The van der Waals surface area contributed by atoms with Crippen LogP contribution >= 0.6 is 11.8 Å². The van der Waals surface area contributed by atoms with Crippen LogP contribution in [0.25, 0.3) is 0 Å². The molecule has 1 saturated carbocycles. The molecule has 0 aromatic rings. The predicted octanol–water partition coefficient (Wildman–Crippen LogP) is 2.80. The molecule has 0 amide bonds. The molecule has 3 atom stereocenters. The maximum absolute atomic E-state index is 10.1. The summed E-state index contributed by atoms with van der Waals surface area (Å²) in [5.41, 5.74) is 0.455. The zero-order valence-corrected chi connectivity index (χ0v) is 12.1. The van der Waals surface area contributed by atoms with E-state index in [0.29, 0.717) is 17.5 Å². The van der Waals surface area contributed by atoms with Crippen LogP contribution in [0.5, 0.6) is 0 Å². The van der Waals surface area contributed by atoms with Gasteiger partial charge in [0.25, 0.3) is 0 Å². The zero-order chi connectivity index (χ0) is 12.3. The first-order valence-electron chi connectivity index (χ1n) is 7.09. The van der Waals surface area contributed by atoms with Crippen molar-refractivity contribution >= 4 is 11.8 Å². The normalized spacial score (nSPS) is 38.6. The second-order valence-corrected chi connectivity index (χ2v) is 7.59. The lowest BCUT2D eigenvalue weighted by atomic mass is 9.87. The van der Waals surface area contributed by atoms with Gasteiger partial charge in [0.05, 0.1) is 6.10 Å². The van der Waals surface area contributed by atoms with Crippen molar-refractivity contribution in [2.45, 2.75) is 70.6 Å².